The van der Waals surface area contributed by atoms with Gasteiger partial charge in [-0.05, 0) is 24.6 Å². The average molecular weight is 294 g/mol. The molecule has 2 aromatic rings. The van der Waals surface area contributed by atoms with Crippen LogP contribution >= 0.6 is 0 Å². The fraction of sp³-hybridized carbons (Fsp3) is 0.308. The van der Waals surface area contributed by atoms with Gasteiger partial charge in [0, 0.05) is 30.9 Å². The number of hydrogen-bond acceptors (Lipinski definition) is 4. The lowest BCUT2D eigenvalue weighted by Gasteiger charge is -2.14. The summed E-state index contributed by atoms with van der Waals surface area (Å²) < 4.78 is 22.6. The van der Waals surface area contributed by atoms with Crippen molar-refractivity contribution in [2.45, 2.75) is 24.3 Å². The van der Waals surface area contributed by atoms with Gasteiger partial charge in [-0.15, -0.1) is 0 Å². The molecule has 0 bridgehead atoms. The zero-order valence-electron chi connectivity index (χ0n) is 11.2. The summed E-state index contributed by atoms with van der Waals surface area (Å²) in [6, 6.07) is 6.71. The second-order valence-electron chi connectivity index (χ2n) is 4.62. The summed E-state index contributed by atoms with van der Waals surface area (Å²) in [4.78, 5) is 7.12. The SMILES string of the molecule is CC(NCCc1cnc[nH]1)c1cccc(S(N)(=O)=O)c1. The highest BCUT2D eigenvalue weighted by molar-refractivity contribution is 7.89. The number of aromatic amines is 1. The Labute approximate surface area is 118 Å². The van der Waals surface area contributed by atoms with Crippen LogP contribution in [0.5, 0.6) is 0 Å². The summed E-state index contributed by atoms with van der Waals surface area (Å²) in [6.07, 6.45) is 4.27. The van der Waals surface area contributed by atoms with Gasteiger partial charge in [-0.3, -0.25) is 0 Å². The van der Waals surface area contributed by atoms with Crippen LogP contribution in [0, 0.1) is 0 Å². The van der Waals surface area contributed by atoms with E-state index in [4.69, 9.17) is 5.14 Å². The van der Waals surface area contributed by atoms with Crippen LogP contribution in [-0.4, -0.2) is 24.9 Å². The Morgan fingerprint density at radius 2 is 2.25 bits per heavy atom. The number of hydrogen-bond donors (Lipinski definition) is 3. The molecule has 2 rings (SSSR count). The molecule has 0 saturated heterocycles. The quantitative estimate of drug-likeness (QED) is 0.738. The first-order chi connectivity index (χ1) is 9.47. The lowest BCUT2D eigenvalue weighted by Crippen LogP contribution is -2.22. The molecule has 1 aromatic carbocycles. The zero-order chi connectivity index (χ0) is 14.6. The molecule has 0 aliphatic rings. The minimum Gasteiger partial charge on any atom is -0.348 e. The molecular formula is C13H18N4O2S. The Balaban J connectivity index is 1.97. The van der Waals surface area contributed by atoms with E-state index in [-0.39, 0.29) is 10.9 Å². The van der Waals surface area contributed by atoms with Crippen LogP contribution in [0.4, 0.5) is 0 Å². The van der Waals surface area contributed by atoms with E-state index < -0.39 is 10.0 Å². The van der Waals surface area contributed by atoms with Gasteiger partial charge >= 0.3 is 0 Å². The van der Waals surface area contributed by atoms with Crippen molar-refractivity contribution in [3.8, 4) is 0 Å². The smallest absolute Gasteiger partial charge is 0.238 e. The Hall–Kier alpha value is -1.70. The van der Waals surface area contributed by atoms with Crippen LogP contribution in [0.1, 0.15) is 24.2 Å². The number of nitrogens with zero attached hydrogens (tertiary/aromatic N) is 1. The maximum atomic E-state index is 11.3. The number of primary sulfonamides is 1. The number of H-pyrrole nitrogens is 1. The Morgan fingerprint density at radius 1 is 1.45 bits per heavy atom. The van der Waals surface area contributed by atoms with E-state index in [9.17, 15) is 8.42 Å². The monoisotopic (exact) mass is 294 g/mol. The minimum atomic E-state index is -3.66. The first-order valence-electron chi connectivity index (χ1n) is 6.30. The fourth-order valence-corrected chi connectivity index (χ4v) is 2.49. The van der Waals surface area contributed by atoms with Gasteiger partial charge in [-0.2, -0.15) is 0 Å². The van der Waals surface area contributed by atoms with Gasteiger partial charge in [-0.25, -0.2) is 18.5 Å². The van der Waals surface area contributed by atoms with E-state index in [1.165, 1.54) is 6.07 Å². The molecule has 0 radical (unpaired) electrons. The van der Waals surface area contributed by atoms with Gasteiger partial charge < -0.3 is 10.3 Å². The number of rotatable bonds is 6. The third-order valence-corrected chi connectivity index (χ3v) is 4.00. The van der Waals surface area contributed by atoms with E-state index in [0.717, 1.165) is 24.2 Å². The second-order valence-corrected chi connectivity index (χ2v) is 6.18. The molecule has 1 unspecified atom stereocenters. The van der Waals surface area contributed by atoms with Gasteiger partial charge in [0.05, 0.1) is 11.2 Å². The summed E-state index contributed by atoms with van der Waals surface area (Å²) in [5, 5.41) is 8.46. The number of benzene rings is 1. The summed E-state index contributed by atoms with van der Waals surface area (Å²) in [5.41, 5.74) is 1.95. The van der Waals surface area contributed by atoms with Crippen LogP contribution in [0.3, 0.4) is 0 Å². The molecule has 0 saturated carbocycles. The lowest BCUT2D eigenvalue weighted by atomic mass is 10.1. The molecule has 7 heteroatoms. The van der Waals surface area contributed by atoms with Crippen molar-refractivity contribution in [2.24, 2.45) is 5.14 Å². The molecule has 108 valence electrons. The Morgan fingerprint density at radius 3 is 2.90 bits per heavy atom. The number of nitrogens with two attached hydrogens (primary N) is 1. The van der Waals surface area contributed by atoms with Crippen LogP contribution in [0.2, 0.25) is 0 Å². The Bertz CT molecular complexity index is 653. The van der Waals surface area contributed by atoms with Crippen molar-refractivity contribution in [1.82, 2.24) is 15.3 Å². The van der Waals surface area contributed by atoms with E-state index in [1.54, 1.807) is 24.7 Å². The van der Waals surface area contributed by atoms with E-state index in [0.29, 0.717) is 0 Å². The molecule has 0 fully saturated rings. The largest absolute Gasteiger partial charge is 0.348 e. The minimum absolute atomic E-state index is 0.0413. The van der Waals surface area contributed by atoms with E-state index in [1.807, 2.05) is 13.0 Å². The number of sulfonamides is 1. The second kappa shape index (κ2) is 6.17. The highest BCUT2D eigenvalue weighted by Crippen LogP contribution is 2.16. The van der Waals surface area contributed by atoms with Gasteiger partial charge in [0.2, 0.25) is 10.0 Å². The zero-order valence-corrected chi connectivity index (χ0v) is 12.0. The maximum Gasteiger partial charge on any atom is 0.238 e. The molecule has 6 nitrogen and oxygen atoms in total. The summed E-state index contributed by atoms with van der Waals surface area (Å²) in [5.74, 6) is 0. The first kappa shape index (κ1) is 14.7. The molecule has 0 aliphatic heterocycles. The maximum absolute atomic E-state index is 11.3. The standard InChI is InChI=1S/C13H18N4O2S/c1-10(16-6-5-12-8-15-9-17-12)11-3-2-4-13(7-11)20(14,18)19/h2-4,7-10,16H,5-6H2,1H3,(H,15,17)(H2,14,18,19). The van der Waals surface area contributed by atoms with Gasteiger partial charge in [0.1, 0.15) is 0 Å². The first-order valence-corrected chi connectivity index (χ1v) is 7.85. The van der Waals surface area contributed by atoms with E-state index in [2.05, 4.69) is 15.3 Å². The highest BCUT2D eigenvalue weighted by atomic mass is 32.2. The van der Waals surface area contributed by atoms with Crippen molar-refractivity contribution in [1.29, 1.82) is 0 Å². The van der Waals surface area contributed by atoms with Crippen molar-refractivity contribution >= 4 is 10.0 Å². The fourth-order valence-electron chi connectivity index (χ4n) is 1.92. The van der Waals surface area contributed by atoms with Crippen molar-refractivity contribution in [3.63, 3.8) is 0 Å². The molecule has 4 N–H and O–H groups in total. The van der Waals surface area contributed by atoms with Gasteiger partial charge in [0.15, 0.2) is 0 Å². The predicted molar refractivity (Wildman–Crippen MR) is 76.5 cm³/mol. The molecule has 1 heterocycles. The van der Waals surface area contributed by atoms with Crippen LogP contribution < -0.4 is 10.5 Å². The van der Waals surface area contributed by atoms with Crippen molar-refractivity contribution in [3.05, 3.63) is 48.0 Å². The van der Waals surface area contributed by atoms with Gasteiger partial charge in [-0.1, -0.05) is 12.1 Å². The molecule has 0 spiro atoms. The van der Waals surface area contributed by atoms with Gasteiger partial charge in [0.25, 0.3) is 0 Å². The molecule has 1 atom stereocenters. The number of nitrogens with one attached hydrogen (secondary N) is 2. The number of aromatic nitrogens is 2. The lowest BCUT2D eigenvalue weighted by molar-refractivity contribution is 0.572. The molecule has 0 aliphatic carbocycles. The molecule has 0 amide bonds. The van der Waals surface area contributed by atoms with Crippen molar-refractivity contribution < 1.29 is 8.42 Å². The normalized spacial score (nSPS) is 13.3. The number of imidazole rings is 1. The molecule has 20 heavy (non-hydrogen) atoms. The third-order valence-electron chi connectivity index (χ3n) is 3.09. The Kier molecular flexibility index (Phi) is 4.53. The summed E-state index contributed by atoms with van der Waals surface area (Å²) >= 11 is 0. The van der Waals surface area contributed by atoms with Crippen LogP contribution in [-0.2, 0) is 16.4 Å². The summed E-state index contributed by atoms with van der Waals surface area (Å²) in [7, 11) is -3.66. The third kappa shape index (κ3) is 3.89. The molecular weight excluding hydrogens is 276 g/mol. The van der Waals surface area contributed by atoms with E-state index >= 15 is 0 Å². The van der Waals surface area contributed by atoms with Crippen LogP contribution in [0.25, 0.3) is 0 Å². The summed E-state index contributed by atoms with van der Waals surface area (Å²) in [6.45, 7) is 2.75. The predicted octanol–water partition coefficient (Wildman–Crippen LogP) is 0.950. The average Bonchev–Trinajstić information content (AvgIpc) is 2.91. The highest BCUT2D eigenvalue weighted by Gasteiger charge is 2.11. The topological polar surface area (TPSA) is 101 Å². The molecule has 1 aromatic heterocycles. The van der Waals surface area contributed by atoms with Crippen LogP contribution in [0.15, 0.2) is 41.7 Å². The van der Waals surface area contributed by atoms with Crippen molar-refractivity contribution in [2.75, 3.05) is 6.54 Å².